The quantitative estimate of drug-likeness (QED) is 0.817. The highest BCUT2D eigenvalue weighted by molar-refractivity contribution is 5.92. The summed E-state index contributed by atoms with van der Waals surface area (Å²) < 4.78 is 26.2. The van der Waals surface area contributed by atoms with Gasteiger partial charge in [-0.1, -0.05) is 0 Å². The Kier molecular flexibility index (Phi) is 5.87. The van der Waals surface area contributed by atoms with Crippen molar-refractivity contribution in [3.05, 3.63) is 36.2 Å². The fraction of sp³-hybridized carbons (Fsp3) is 0.529. The molecule has 7 nitrogen and oxygen atoms in total. The van der Waals surface area contributed by atoms with E-state index in [-0.39, 0.29) is 24.5 Å². The van der Waals surface area contributed by atoms with Gasteiger partial charge < -0.3 is 10.6 Å². The number of alkyl halides is 2. The first-order chi connectivity index (χ1) is 12.5. The third-order valence-corrected chi connectivity index (χ3v) is 4.43. The molecule has 0 bridgehead atoms. The van der Waals surface area contributed by atoms with Gasteiger partial charge in [0.25, 0.3) is 12.3 Å². The predicted octanol–water partition coefficient (Wildman–Crippen LogP) is 1.87. The van der Waals surface area contributed by atoms with Gasteiger partial charge in [0.2, 0.25) is 5.95 Å². The van der Waals surface area contributed by atoms with Crippen molar-refractivity contribution in [1.82, 2.24) is 30.2 Å². The summed E-state index contributed by atoms with van der Waals surface area (Å²) in [5, 5.41) is 5.86. The summed E-state index contributed by atoms with van der Waals surface area (Å²) in [6.07, 6.45) is 5.61. The maximum absolute atomic E-state index is 12.5. The van der Waals surface area contributed by atoms with Crippen LogP contribution in [-0.2, 0) is 0 Å². The van der Waals surface area contributed by atoms with Gasteiger partial charge in [-0.2, -0.15) is 0 Å². The zero-order chi connectivity index (χ0) is 18.5. The van der Waals surface area contributed by atoms with Crippen LogP contribution in [0.4, 0.5) is 8.78 Å². The average molecular weight is 364 g/mol. The normalized spacial score (nSPS) is 20.3. The Balaban J connectivity index is 1.57. The number of carbonyl (C=O) groups excluding carboxylic acids is 1. The molecule has 2 heterocycles. The Hall–Kier alpha value is -2.42. The van der Waals surface area contributed by atoms with Crippen LogP contribution in [0.1, 0.15) is 41.9 Å². The van der Waals surface area contributed by atoms with Gasteiger partial charge in [0.1, 0.15) is 12.0 Å². The van der Waals surface area contributed by atoms with E-state index in [0.717, 1.165) is 25.7 Å². The van der Waals surface area contributed by atoms with Gasteiger partial charge in [-0.25, -0.2) is 23.7 Å². The van der Waals surface area contributed by atoms with Crippen LogP contribution in [0.2, 0.25) is 0 Å². The number of aromatic nitrogens is 4. The second-order valence-electron chi connectivity index (χ2n) is 6.49. The fourth-order valence-corrected chi connectivity index (χ4v) is 3.12. The molecule has 0 aromatic carbocycles. The average Bonchev–Trinajstić information content (AvgIpc) is 3.15. The molecular formula is C17H22F2N6O. The standard InChI is InChI=1S/C17H22F2N6O/c1-11-8-14(24-17(22-11)25-7-6-20-10-25)16(26)23-13-4-2-12(3-5-13)21-9-15(18)19/h6-8,10,12-13,15,21H,2-5,9H2,1H3,(H,23,26). The van der Waals surface area contributed by atoms with Crippen LogP contribution < -0.4 is 10.6 Å². The fourth-order valence-electron chi connectivity index (χ4n) is 3.12. The summed E-state index contributed by atoms with van der Waals surface area (Å²) in [4.78, 5) is 25.1. The van der Waals surface area contributed by atoms with Crippen molar-refractivity contribution < 1.29 is 13.6 Å². The Labute approximate surface area is 150 Å². The lowest BCUT2D eigenvalue weighted by Gasteiger charge is -2.29. The number of amides is 1. The monoisotopic (exact) mass is 364 g/mol. The molecule has 0 spiro atoms. The number of aryl methyl sites for hydroxylation is 1. The number of imidazole rings is 1. The minimum Gasteiger partial charge on any atom is -0.348 e. The lowest BCUT2D eigenvalue weighted by Crippen LogP contribution is -2.43. The number of nitrogens with one attached hydrogen (secondary N) is 2. The number of hydrogen-bond donors (Lipinski definition) is 2. The minimum atomic E-state index is -2.34. The van der Waals surface area contributed by atoms with Crippen LogP contribution in [0, 0.1) is 6.92 Å². The maximum Gasteiger partial charge on any atom is 0.270 e. The summed E-state index contributed by atoms with van der Waals surface area (Å²) in [7, 11) is 0. The van der Waals surface area contributed by atoms with E-state index in [1.165, 1.54) is 0 Å². The van der Waals surface area contributed by atoms with Gasteiger partial charge in [0.15, 0.2) is 0 Å². The molecule has 1 amide bonds. The molecule has 0 radical (unpaired) electrons. The number of rotatable bonds is 6. The zero-order valence-corrected chi connectivity index (χ0v) is 14.5. The first kappa shape index (κ1) is 18.4. The summed E-state index contributed by atoms with van der Waals surface area (Å²) in [5.41, 5.74) is 0.993. The predicted molar refractivity (Wildman–Crippen MR) is 91.4 cm³/mol. The lowest BCUT2D eigenvalue weighted by atomic mass is 9.91. The van der Waals surface area contributed by atoms with Crippen LogP contribution in [0.3, 0.4) is 0 Å². The van der Waals surface area contributed by atoms with Gasteiger partial charge in [0, 0.05) is 30.2 Å². The van der Waals surface area contributed by atoms with Crippen molar-refractivity contribution in [2.45, 2.75) is 51.1 Å². The third kappa shape index (κ3) is 4.81. The molecule has 9 heteroatoms. The minimum absolute atomic E-state index is 0.0269. The zero-order valence-electron chi connectivity index (χ0n) is 14.5. The molecule has 2 N–H and O–H groups in total. The van der Waals surface area contributed by atoms with Crippen LogP contribution in [0.5, 0.6) is 0 Å². The number of carbonyl (C=O) groups is 1. The first-order valence-corrected chi connectivity index (χ1v) is 8.67. The topological polar surface area (TPSA) is 84.7 Å². The van der Waals surface area contributed by atoms with E-state index in [9.17, 15) is 13.6 Å². The van der Waals surface area contributed by atoms with E-state index in [4.69, 9.17) is 0 Å². The number of nitrogens with zero attached hydrogens (tertiary/aromatic N) is 4. The first-order valence-electron chi connectivity index (χ1n) is 8.67. The molecule has 140 valence electrons. The van der Waals surface area contributed by atoms with Crippen LogP contribution in [-0.4, -0.2) is 50.5 Å². The van der Waals surface area contributed by atoms with Crippen LogP contribution in [0.25, 0.3) is 5.95 Å². The molecular weight excluding hydrogens is 342 g/mol. The maximum atomic E-state index is 12.5. The van der Waals surface area contributed by atoms with Gasteiger partial charge in [-0.05, 0) is 38.7 Å². The summed E-state index contributed by atoms with van der Waals surface area (Å²) in [6, 6.07) is 1.76. The van der Waals surface area contributed by atoms with Crippen LogP contribution >= 0.6 is 0 Å². The van der Waals surface area contributed by atoms with Gasteiger partial charge in [-0.15, -0.1) is 0 Å². The largest absolute Gasteiger partial charge is 0.348 e. The second-order valence-corrected chi connectivity index (χ2v) is 6.49. The summed E-state index contributed by atoms with van der Waals surface area (Å²) in [6.45, 7) is 1.53. The summed E-state index contributed by atoms with van der Waals surface area (Å²) >= 11 is 0. The molecule has 0 aliphatic heterocycles. The molecule has 0 unspecified atom stereocenters. The highest BCUT2D eigenvalue weighted by Gasteiger charge is 2.24. The second kappa shape index (κ2) is 8.31. The number of halogens is 2. The van der Waals surface area contributed by atoms with E-state index in [1.54, 1.807) is 36.3 Å². The Bertz CT molecular complexity index is 729. The van der Waals surface area contributed by atoms with Crippen molar-refractivity contribution in [3.8, 4) is 5.95 Å². The van der Waals surface area contributed by atoms with E-state index in [1.807, 2.05) is 0 Å². The highest BCUT2D eigenvalue weighted by atomic mass is 19.3. The highest BCUT2D eigenvalue weighted by Crippen LogP contribution is 2.19. The van der Waals surface area contributed by atoms with E-state index < -0.39 is 6.43 Å². The van der Waals surface area contributed by atoms with Crippen molar-refractivity contribution in [3.63, 3.8) is 0 Å². The van der Waals surface area contributed by atoms with E-state index in [2.05, 4.69) is 25.6 Å². The third-order valence-electron chi connectivity index (χ3n) is 4.43. The van der Waals surface area contributed by atoms with E-state index in [0.29, 0.717) is 17.3 Å². The molecule has 1 aliphatic carbocycles. The van der Waals surface area contributed by atoms with Crippen LogP contribution in [0.15, 0.2) is 24.8 Å². The summed E-state index contributed by atoms with van der Waals surface area (Å²) in [5.74, 6) is 0.147. The molecule has 2 aromatic rings. The Morgan fingerprint density at radius 3 is 2.65 bits per heavy atom. The molecule has 1 fully saturated rings. The van der Waals surface area contributed by atoms with Crippen molar-refractivity contribution in [2.24, 2.45) is 0 Å². The Morgan fingerprint density at radius 2 is 2.00 bits per heavy atom. The molecule has 1 saturated carbocycles. The SMILES string of the molecule is Cc1cc(C(=O)NC2CCC(NCC(F)F)CC2)nc(-n2ccnc2)n1. The molecule has 0 saturated heterocycles. The molecule has 0 atom stereocenters. The van der Waals surface area contributed by atoms with Gasteiger partial charge >= 0.3 is 0 Å². The van der Waals surface area contributed by atoms with Gasteiger partial charge in [-0.3, -0.25) is 9.36 Å². The van der Waals surface area contributed by atoms with E-state index >= 15 is 0 Å². The van der Waals surface area contributed by atoms with Gasteiger partial charge in [0.05, 0.1) is 6.54 Å². The lowest BCUT2D eigenvalue weighted by molar-refractivity contribution is 0.0916. The number of hydrogen-bond acceptors (Lipinski definition) is 5. The van der Waals surface area contributed by atoms with Crippen molar-refractivity contribution in [1.29, 1.82) is 0 Å². The molecule has 3 rings (SSSR count). The Morgan fingerprint density at radius 1 is 1.27 bits per heavy atom. The molecule has 1 aliphatic rings. The molecule has 26 heavy (non-hydrogen) atoms. The molecule has 2 aromatic heterocycles. The van der Waals surface area contributed by atoms with Crippen molar-refractivity contribution >= 4 is 5.91 Å². The smallest absolute Gasteiger partial charge is 0.270 e. The van der Waals surface area contributed by atoms with Crippen molar-refractivity contribution in [2.75, 3.05) is 6.54 Å².